The van der Waals surface area contributed by atoms with Gasteiger partial charge in [-0.1, -0.05) is 11.6 Å². The highest BCUT2D eigenvalue weighted by atomic mass is 35.5. The maximum absolute atomic E-state index is 12.1. The Hall–Kier alpha value is -2.10. The van der Waals surface area contributed by atoms with Gasteiger partial charge in [0.1, 0.15) is 12.6 Å². The molecule has 1 aromatic rings. The van der Waals surface area contributed by atoms with E-state index in [0.29, 0.717) is 16.3 Å². The molecule has 1 aliphatic heterocycles. The average Bonchev–Trinajstić information content (AvgIpc) is 2.64. The van der Waals surface area contributed by atoms with Gasteiger partial charge in [-0.15, -0.1) is 0 Å². The van der Waals surface area contributed by atoms with Crippen molar-refractivity contribution in [1.82, 2.24) is 5.32 Å². The van der Waals surface area contributed by atoms with Crippen molar-refractivity contribution in [3.05, 3.63) is 28.8 Å². The number of benzene rings is 1. The van der Waals surface area contributed by atoms with Crippen LogP contribution in [-0.4, -0.2) is 24.9 Å². The fourth-order valence-corrected chi connectivity index (χ4v) is 2.24. The summed E-state index contributed by atoms with van der Waals surface area (Å²) in [5.74, 6) is -0.665. The van der Waals surface area contributed by atoms with Gasteiger partial charge in [0.05, 0.1) is 12.5 Å². The summed E-state index contributed by atoms with van der Waals surface area (Å²) in [5, 5.41) is 11.5. The van der Waals surface area contributed by atoms with Crippen molar-refractivity contribution in [3.8, 4) is 6.07 Å². The minimum atomic E-state index is -0.796. The minimum Gasteiger partial charge on any atom is -0.354 e. The maximum atomic E-state index is 12.1. The van der Waals surface area contributed by atoms with E-state index < -0.39 is 6.04 Å². The smallest absolute Gasteiger partial charge is 0.249 e. The molecule has 6 nitrogen and oxygen atoms in total. The normalized spacial score (nSPS) is 16.8. The van der Waals surface area contributed by atoms with Gasteiger partial charge in [-0.05, 0) is 18.2 Å². The Morgan fingerprint density at radius 1 is 1.55 bits per heavy atom. The summed E-state index contributed by atoms with van der Waals surface area (Å²) in [6.07, 6.45) is 0.228. The third-order valence-electron chi connectivity index (χ3n) is 3.01. The van der Waals surface area contributed by atoms with Gasteiger partial charge in [0, 0.05) is 22.8 Å². The summed E-state index contributed by atoms with van der Waals surface area (Å²) in [4.78, 5) is 25.1. The fraction of sp³-hybridized carbons (Fsp3) is 0.308. The molecule has 0 aromatic heterocycles. The lowest BCUT2D eigenvalue weighted by Gasteiger charge is -2.16. The van der Waals surface area contributed by atoms with E-state index in [9.17, 15) is 9.59 Å². The number of carbonyl (C=O) groups is 2. The summed E-state index contributed by atoms with van der Waals surface area (Å²) < 4.78 is 0. The van der Waals surface area contributed by atoms with Crippen LogP contribution in [0, 0.1) is 11.3 Å². The molecule has 2 rings (SSSR count). The first-order valence-corrected chi connectivity index (χ1v) is 6.42. The molecule has 104 valence electrons. The first kappa shape index (κ1) is 14.3. The van der Waals surface area contributed by atoms with Crippen LogP contribution < -0.4 is 16.0 Å². The number of fused-ring (bicyclic) bond motifs is 1. The van der Waals surface area contributed by atoms with Crippen molar-refractivity contribution in [3.63, 3.8) is 0 Å². The number of nitrogens with two attached hydrogens (primary N) is 1. The second kappa shape index (κ2) is 5.90. The first-order valence-electron chi connectivity index (χ1n) is 6.04. The molecule has 1 aromatic carbocycles. The fourth-order valence-electron chi connectivity index (χ4n) is 2.06. The summed E-state index contributed by atoms with van der Waals surface area (Å²) in [6.45, 7) is 0.142. The standard InChI is InChI=1S/C13H13ClN4O2/c14-8-2-3-10-9(6-8)12(16)13(20)18(10)7-11(19)17-5-1-4-15/h2-3,6,12H,1,5,7,16H2,(H,17,19). The van der Waals surface area contributed by atoms with Gasteiger partial charge in [-0.25, -0.2) is 0 Å². The molecule has 1 aliphatic rings. The second-order valence-electron chi connectivity index (χ2n) is 4.36. The molecule has 0 bridgehead atoms. The zero-order chi connectivity index (χ0) is 14.7. The van der Waals surface area contributed by atoms with Gasteiger partial charge in [-0.3, -0.25) is 9.59 Å². The number of nitrogens with one attached hydrogen (secondary N) is 1. The van der Waals surface area contributed by atoms with Crippen LogP contribution in [0.25, 0.3) is 0 Å². The Labute approximate surface area is 121 Å². The molecule has 0 fully saturated rings. The molecule has 2 amide bonds. The highest BCUT2D eigenvalue weighted by molar-refractivity contribution is 6.31. The number of hydrogen-bond acceptors (Lipinski definition) is 4. The molecule has 0 aliphatic carbocycles. The summed E-state index contributed by atoms with van der Waals surface area (Å²) >= 11 is 5.88. The van der Waals surface area contributed by atoms with Crippen LogP contribution in [0.2, 0.25) is 5.02 Å². The quantitative estimate of drug-likeness (QED) is 0.799. The number of anilines is 1. The molecule has 0 saturated heterocycles. The van der Waals surface area contributed by atoms with Crippen molar-refractivity contribution in [1.29, 1.82) is 5.26 Å². The third-order valence-corrected chi connectivity index (χ3v) is 3.24. The Kier molecular flexibility index (Phi) is 4.23. The number of nitrogens with zero attached hydrogens (tertiary/aromatic N) is 2. The number of amides is 2. The molecule has 0 saturated carbocycles. The van der Waals surface area contributed by atoms with Crippen LogP contribution in [0.5, 0.6) is 0 Å². The van der Waals surface area contributed by atoms with Crippen molar-refractivity contribution >= 4 is 29.1 Å². The van der Waals surface area contributed by atoms with E-state index >= 15 is 0 Å². The molecule has 1 heterocycles. The van der Waals surface area contributed by atoms with E-state index in [4.69, 9.17) is 22.6 Å². The van der Waals surface area contributed by atoms with Gasteiger partial charge >= 0.3 is 0 Å². The molecule has 7 heteroatoms. The lowest BCUT2D eigenvalue weighted by Crippen LogP contribution is -2.40. The maximum Gasteiger partial charge on any atom is 0.249 e. The van der Waals surface area contributed by atoms with Crippen molar-refractivity contribution < 1.29 is 9.59 Å². The minimum absolute atomic E-state index is 0.118. The monoisotopic (exact) mass is 292 g/mol. The van der Waals surface area contributed by atoms with Crippen LogP contribution in [0.1, 0.15) is 18.0 Å². The lowest BCUT2D eigenvalue weighted by atomic mass is 10.1. The van der Waals surface area contributed by atoms with E-state index in [1.807, 2.05) is 6.07 Å². The number of halogens is 1. The van der Waals surface area contributed by atoms with Gasteiger partial charge in [0.15, 0.2) is 0 Å². The summed E-state index contributed by atoms with van der Waals surface area (Å²) in [7, 11) is 0. The molecule has 1 atom stereocenters. The highest BCUT2D eigenvalue weighted by Crippen LogP contribution is 2.35. The van der Waals surface area contributed by atoms with Crippen LogP contribution in [0.4, 0.5) is 5.69 Å². The molecular weight excluding hydrogens is 280 g/mol. The van der Waals surface area contributed by atoms with Gasteiger partial charge in [0.25, 0.3) is 0 Å². The third kappa shape index (κ3) is 2.74. The first-order chi connectivity index (χ1) is 9.54. The Morgan fingerprint density at radius 2 is 2.30 bits per heavy atom. The SMILES string of the molecule is N#CCCNC(=O)CN1C(=O)C(N)c2cc(Cl)ccc21. The summed E-state index contributed by atoms with van der Waals surface area (Å²) in [5.41, 5.74) is 7.04. The van der Waals surface area contributed by atoms with E-state index in [1.165, 1.54) is 4.90 Å². The lowest BCUT2D eigenvalue weighted by molar-refractivity contribution is -0.124. The number of carbonyl (C=O) groups excluding carboxylic acids is 2. The van der Waals surface area contributed by atoms with E-state index in [2.05, 4.69) is 5.32 Å². The van der Waals surface area contributed by atoms with Crippen LogP contribution in [0.3, 0.4) is 0 Å². The topological polar surface area (TPSA) is 99.2 Å². The molecule has 20 heavy (non-hydrogen) atoms. The molecule has 3 N–H and O–H groups in total. The van der Waals surface area contributed by atoms with Crippen LogP contribution in [0.15, 0.2) is 18.2 Å². The van der Waals surface area contributed by atoms with Gasteiger partial charge in [-0.2, -0.15) is 5.26 Å². The van der Waals surface area contributed by atoms with E-state index in [1.54, 1.807) is 18.2 Å². The van der Waals surface area contributed by atoms with Crippen LogP contribution in [-0.2, 0) is 9.59 Å². The molecule has 0 radical (unpaired) electrons. The zero-order valence-corrected chi connectivity index (χ0v) is 11.4. The Balaban J connectivity index is 2.12. The van der Waals surface area contributed by atoms with Crippen molar-refractivity contribution in [2.24, 2.45) is 5.73 Å². The number of nitriles is 1. The van der Waals surface area contributed by atoms with Gasteiger partial charge < -0.3 is 16.0 Å². The molecule has 0 spiro atoms. The van der Waals surface area contributed by atoms with Gasteiger partial charge in [0.2, 0.25) is 11.8 Å². The van der Waals surface area contributed by atoms with Crippen molar-refractivity contribution in [2.75, 3.05) is 18.0 Å². The van der Waals surface area contributed by atoms with E-state index in [0.717, 1.165) is 0 Å². The highest BCUT2D eigenvalue weighted by Gasteiger charge is 2.35. The summed E-state index contributed by atoms with van der Waals surface area (Å²) in [6, 6.07) is 6.08. The zero-order valence-electron chi connectivity index (χ0n) is 10.6. The van der Waals surface area contributed by atoms with E-state index in [-0.39, 0.29) is 31.3 Å². The predicted molar refractivity (Wildman–Crippen MR) is 74.0 cm³/mol. The number of hydrogen-bond donors (Lipinski definition) is 2. The Bertz CT molecular complexity index is 597. The second-order valence-corrected chi connectivity index (χ2v) is 4.80. The number of rotatable bonds is 4. The average molecular weight is 293 g/mol. The molecular formula is C13H13ClN4O2. The largest absolute Gasteiger partial charge is 0.354 e. The van der Waals surface area contributed by atoms with Crippen molar-refractivity contribution in [2.45, 2.75) is 12.5 Å². The van der Waals surface area contributed by atoms with Crippen LogP contribution >= 0.6 is 11.6 Å². The predicted octanol–water partition coefficient (Wildman–Crippen LogP) is 0.716. The molecule has 1 unspecified atom stereocenters. The Morgan fingerprint density at radius 3 is 3.00 bits per heavy atom.